The molecule has 0 saturated carbocycles. The first-order chi connectivity index (χ1) is 20.5. The molecule has 1 heterocycles. The SMILES string of the molecule is COC(=O)c1cc(C(=O)OC)c2c(COC3C(=O)c4ccccc4C3=O)c(-c3ccccc3)n(C(=O)OC(C)(C)C)c2c1. The van der Waals surface area contributed by atoms with Crippen molar-refractivity contribution in [1.82, 2.24) is 4.57 Å². The predicted molar refractivity (Wildman–Crippen MR) is 155 cm³/mol. The summed E-state index contributed by atoms with van der Waals surface area (Å²) in [6.45, 7) is 4.76. The number of Topliss-reactive ketones (excluding diaryl/α,β-unsaturated/α-hetero) is 2. The zero-order valence-electron chi connectivity index (χ0n) is 24.3. The lowest BCUT2D eigenvalue weighted by Gasteiger charge is -2.21. The lowest BCUT2D eigenvalue weighted by molar-refractivity contribution is 0.0350. The van der Waals surface area contributed by atoms with Crippen LogP contribution in [0.1, 0.15) is 67.8 Å². The number of methoxy groups -OCH3 is 2. The molecule has 0 unspecified atom stereocenters. The summed E-state index contributed by atoms with van der Waals surface area (Å²) in [5, 5.41) is 0.222. The summed E-state index contributed by atoms with van der Waals surface area (Å²) in [5.74, 6) is -2.51. The third-order valence-electron chi connectivity index (χ3n) is 6.95. The summed E-state index contributed by atoms with van der Waals surface area (Å²) in [6, 6.07) is 18.0. The lowest BCUT2D eigenvalue weighted by atomic mass is 10.00. The van der Waals surface area contributed by atoms with E-state index >= 15 is 0 Å². The van der Waals surface area contributed by atoms with Crippen molar-refractivity contribution >= 4 is 40.5 Å². The minimum absolute atomic E-state index is 0.0126. The molecule has 0 N–H and O–H groups in total. The first-order valence-electron chi connectivity index (χ1n) is 13.4. The largest absolute Gasteiger partial charge is 0.465 e. The van der Waals surface area contributed by atoms with E-state index in [1.54, 1.807) is 75.4 Å². The Morgan fingerprint density at radius 3 is 1.95 bits per heavy atom. The molecule has 0 aliphatic heterocycles. The van der Waals surface area contributed by atoms with Gasteiger partial charge >= 0.3 is 18.0 Å². The Morgan fingerprint density at radius 1 is 0.814 bits per heavy atom. The van der Waals surface area contributed by atoms with Crippen LogP contribution in [0.5, 0.6) is 0 Å². The monoisotopic (exact) mass is 583 g/mol. The van der Waals surface area contributed by atoms with E-state index in [9.17, 15) is 24.0 Å². The standard InChI is InChI=1S/C33H29NO9/c1-33(2,3)43-32(39)34-24-16-19(30(37)40-4)15-22(31(38)41-5)25(24)23(26(34)18-11-7-6-8-12-18)17-42-29-27(35)20-13-9-10-14-21(20)28(29)36/h6-16,29H,17H2,1-5H3. The fraction of sp³-hybridized carbons (Fsp3) is 0.242. The van der Waals surface area contributed by atoms with Gasteiger partial charge in [0, 0.05) is 22.1 Å². The van der Waals surface area contributed by atoms with Gasteiger partial charge in [0.15, 0.2) is 17.7 Å². The first kappa shape index (κ1) is 29.4. The molecule has 0 atom stereocenters. The van der Waals surface area contributed by atoms with Crippen molar-refractivity contribution in [2.45, 2.75) is 39.1 Å². The van der Waals surface area contributed by atoms with Crippen LogP contribution in [0.15, 0.2) is 66.7 Å². The number of rotatable bonds is 6. The van der Waals surface area contributed by atoms with E-state index in [4.69, 9.17) is 18.9 Å². The number of carbonyl (C=O) groups excluding carboxylic acids is 5. The highest BCUT2D eigenvalue weighted by Gasteiger charge is 2.40. The molecule has 10 heteroatoms. The minimum Gasteiger partial charge on any atom is -0.465 e. The average Bonchev–Trinajstić information content (AvgIpc) is 3.45. The molecule has 220 valence electrons. The maximum atomic E-state index is 13.9. The molecule has 4 aromatic rings. The van der Waals surface area contributed by atoms with Gasteiger partial charge in [0.25, 0.3) is 0 Å². The van der Waals surface area contributed by atoms with Crippen LogP contribution >= 0.6 is 0 Å². The smallest absolute Gasteiger partial charge is 0.419 e. The van der Waals surface area contributed by atoms with Gasteiger partial charge in [-0.15, -0.1) is 0 Å². The van der Waals surface area contributed by atoms with E-state index in [-0.39, 0.29) is 45.5 Å². The molecule has 43 heavy (non-hydrogen) atoms. The minimum atomic E-state index is -1.42. The Balaban J connectivity index is 1.79. The number of esters is 2. The Bertz CT molecular complexity index is 1760. The Morgan fingerprint density at radius 2 is 1.40 bits per heavy atom. The molecular weight excluding hydrogens is 554 g/mol. The van der Waals surface area contributed by atoms with Gasteiger partial charge < -0.3 is 18.9 Å². The normalized spacial score (nSPS) is 13.2. The average molecular weight is 584 g/mol. The van der Waals surface area contributed by atoms with Crippen LogP contribution in [0.4, 0.5) is 4.79 Å². The summed E-state index contributed by atoms with van der Waals surface area (Å²) < 4.78 is 23.0. The van der Waals surface area contributed by atoms with Crippen LogP contribution in [0, 0.1) is 0 Å². The van der Waals surface area contributed by atoms with Crippen LogP contribution in [-0.2, 0) is 25.6 Å². The fourth-order valence-corrected chi connectivity index (χ4v) is 5.17. The van der Waals surface area contributed by atoms with Crippen molar-refractivity contribution in [2.75, 3.05) is 14.2 Å². The van der Waals surface area contributed by atoms with Gasteiger partial charge in [-0.05, 0) is 38.5 Å². The fourth-order valence-electron chi connectivity index (χ4n) is 5.17. The number of fused-ring (bicyclic) bond motifs is 2. The highest BCUT2D eigenvalue weighted by molar-refractivity contribution is 6.28. The molecule has 1 aliphatic carbocycles. The van der Waals surface area contributed by atoms with Crippen molar-refractivity contribution in [2.24, 2.45) is 0 Å². The molecule has 3 aromatic carbocycles. The van der Waals surface area contributed by atoms with Gasteiger partial charge in [0.05, 0.1) is 43.2 Å². The molecule has 1 aliphatic rings. The van der Waals surface area contributed by atoms with E-state index in [1.807, 2.05) is 0 Å². The van der Waals surface area contributed by atoms with Gasteiger partial charge in [-0.25, -0.2) is 19.0 Å². The van der Waals surface area contributed by atoms with Crippen molar-refractivity contribution < 1.29 is 42.9 Å². The number of hydrogen-bond acceptors (Lipinski definition) is 9. The lowest BCUT2D eigenvalue weighted by Crippen LogP contribution is -2.28. The summed E-state index contributed by atoms with van der Waals surface area (Å²) in [7, 11) is 2.38. The zero-order valence-corrected chi connectivity index (χ0v) is 24.3. The summed E-state index contributed by atoms with van der Waals surface area (Å²) in [4.78, 5) is 66.0. The number of benzene rings is 3. The van der Waals surface area contributed by atoms with Gasteiger partial charge in [-0.1, -0.05) is 54.6 Å². The highest BCUT2D eigenvalue weighted by Crippen LogP contribution is 2.39. The number of nitrogens with zero attached hydrogens (tertiary/aromatic N) is 1. The van der Waals surface area contributed by atoms with Crippen molar-refractivity contribution in [3.05, 3.63) is 94.5 Å². The molecule has 10 nitrogen and oxygen atoms in total. The molecular formula is C33H29NO9. The summed E-state index contributed by atoms with van der Waals surface area (Å²) >= 11 is 0. The maximum Gasteiger partial charge on any atom is 0.419 e. The Hall–Kier alpha value is -5.09. The van der Waals surface area contributed by atoms with Gasteiger partial charge in [0.2, 0.25) is 0 Å². The molecule has 0 amide bonds. The number of hydrogen-bond donors (Lipinski definition) is 0. The second-order valence-electron chi connectivity index (χ2n) is 10.9. The van der Waals surface area contributed by atoms with Crippen LogP contribution in [0.3, 0.4) is 0 Å². The van der Waals surface area contributed by atoms with E-state index in [1.165, 1.54) is 30.9 Å². The van der Waals surface area contributed by atoms with E-state index < -0.39 is 41.3 Å². The molecule has 0 spiro atoms. The second-order valence-corrected chi connectivity index (χ2v) is 10.9. The van der Waals surface area contributed by atoms with Gasteiger partial charge in [0.1, 0.15) is 5.60 Å². The van der Waals surface area contributed by atoms with E-state index in [0.717, 1.165) is 0 Å². The highest BCUT2D eigenvalue weighted by atomic mass is 16.6. The predicted octanol–water partition coefficient (Wildman–Crippen LogP) is 5.63. The Kier molecular flexibility index (Phi) is 7.72. The second kappa shape index (κ2) is 11.3. The number of aromatic nitrogens is 1. The summed E-state index contributed by atoms with van der Waals surface area (Å²) in [6.07, 6.45) is -2.21. The third kappa shape index (κ3) is 5.32. The number of carbonyl (C=O) groups is 5. The number of ketones is 2. The van der Waals surface area contributed by atoms with Crippen LogP contribution < -0.4 is 0 Å². The topological polar surface area (TPSA) is 127 Å². The van der Waals surface area contributed by atoms with Crippen molar-refractivity contribution in [3.63, 3.8) is 0 Å². The molecule has 0 radical (unpaired) electrons. The molecule has 1 aromatic heterocycles. The number of ether oxygens (including phenoxy) is 4. The van der Waals surface area contributed by atoms with Crippen LogP contribution in [0.25, 0.3) is 22.2 Å². The summed E-state index contributed by atoms with van der Waals surface area (Å²) in [5.41, 5.74) is 0.830. The molecule has 0 fully saturated rings. The molecule has 0 saturated heterocycles. The zero-order chi connectivity index (χ0) is 31.1. The van der Waals surface area contributed by atoms with Crippen molar-refractivity contribution in [3.8, 4) is 11.3 Å². The van der Waals surface area contributed by atoms with E-state index in [0.29, 0.717) is 11.1 Å². The quantitative estimate of drug-likeness (QED) is 0.161. The molecule has 5 rings (SSSR count). The van der Waals surface area contributed by atoms with Crippen molar-refractivity contribution in [1.29, 1.82) is 0 Å². The van der Waals surface area contributed by atoms with Crippen LogP contribution in [-0.4, -0.2) is 60.1 Å². The third-order valence-corrected chi connectivity index (χ3v) is 6.95. The first-order valence-corrected chi connectivity index (χ1v) is 13.4. The maximum absolute atomic E-state index is 13.9. The Labute approximate surface area is 247 Å². The van der Waals surface area contributed by atoms with E-state index in [2.05, 4.69) is 0 Å². The van der Waals surface area contributed by atoms with Gasteiger partial charge in [-0.3, -0.25) is 9.59 Å². The van der Waals surface area contributed by atoms with Crippen LogP contribution in [0.2, 0.25) is 0 Å². The van der Waals surface area contributed by atoms with Gasteiger partial charge in [-0.2, -0.15) is 0 Å². The molecule has 0 bridgehead atoms.